The lowest BCUT2D eigenvalue weighted by Crippen LogP contribution is -2.28. The first-order valence-electron chi connectivity index (χ1n) is 8.50. The van der Waals surface area contributed by atoms with Gasteiger partial charge in [0.2, 0.25) is 5.91 Å². The van der Waals surface area contributed by atoms with Gasteiger partial charge in [0.05, 0.1) is 10.4 Å². The van der Waals surface area contributed by atoms with Crippen LogP contribution < -0.4 is 5.32 Å². The molecule has 140 valence electrons. The summed E-state index contributed by atoms with van der Waals surface area (Å²) < 4.78 is 30.9. The summed E-state index contributed by atoms with van der Waals surface area (Å²) in [4.78, 5) is 17.4. The first-order chi connectivity index (χ1) is 13.1. The van der Waals surface area contributed by atoms with Gasteiger partial charge in [-0.25, -0.2) is 13.8 Å². The van der Waals surface area contributed by atoms with E-state index in [0.717, 1.165) is 10.4 Å². The average molecular weight is 390 g/mol. The normalized spacial score (nSPS) is 15.4. The number of thiazole rings is 1. The van der Waals surface area contributed by atoms with Crippen LogP contribution >= 0.6 is 11.3 Å². The predicted molar refractivity (Wildman–Crippen MR) is 97.8 cm³/mol. The molecule has 1 aliphatic rings. The maximum atomic E-state index is 12.8. The second-order valence-electron chi connectivity index (χ2n) is 6.25. The predicted octanol–water partition coefficient (Wildman–Crippen LogP) is 4.06. The number of halogens is 2. The fourth-order valence-corrected chi connectivity index (χ4v) is 3.77. The van der Waals surface area contributed by atoms with Crippen molar-refractivity contribution in [2.45, 2.75) is 19.3 Å². The Hall–Kier alpha value is -2.52. The molecule has 0 aliphatic carbocycles. The largest absolute Gasteiger partial charge is 0.381 e. The van der Waals surface area contributed by atoms with Gasteiger partial charge in [-0.15, -0.1) is 5.10 Å². The molecule has 0 unspecified atom stereocenters. The first-order valence-corrected chi connectivity index (χ1v) is 9.32. The van der Waals surface area contributed by atoms with E-state index in [1.54, 1.807) is 18.3 Å². The molecule has 0 atom stereocenters. The maximum absolute atomic E-state index is 12.8. The molecule has 1 N–H and O–H groups in total. The van der Waals surface area contributed by atoms with Gasteiger partial charge in [-0.05, 0) is 36.6 Å². The van der Waals surface area contributed by atoms with E-state index in [4.69, 9.17) is 4.74 Å². The molecule has 0 bridgehead atoms. The van der Waals surface area contributed by atoms with Gasteiger partial charge < -0.3 is 10.1 Å². The van der Waals surface area contributed by atoms with Crippen LogP contribution in [0.5, 0.6) is 0 Å². The van der Waals surface area contributed by atoms with Crippen LogP contribution in [0.15, 0.2) is 30.5 Å². The van der Waals surface area contributed by atoms with Crippen LogP contribution in [0.2, 0.25) is 0 Å². The van der Waals surface area contributed by atoms with E-state index in [0.29, 0.717) is 42.1 Å². The summed E-state index contributed by atoms with van der Waals surface area (Å²) in [6, 6.07) is 6.67. The summed E-state index contributed by atoms with van der Waals surface area (Å²) >= 11 is 1.34. The van der Waals surface area contributed by atoms with Crippen molar-refractivity contribution in [3.63, 3.8) is 0 Å². The van der Waals surface area contributed by atoms with Gasteiger partial charge in [0.1, 0.15) is 5.69 Å². The van der Waals surface area contributed by atoms with Gasteiger partial charge in [-0.2, -0.15) is 5.10 Å². The van der Waals surface area contributed by atoms with Crippen molar-refractivity contribution in [1.29, 1.82) is 0 Å². The standard InChI is InChI=1S/C18H16F2N4O2S/c19-16(20)14-8-12-7-11(1-2-13(12)23-24-14)15-9-21-18(27-15)22-17(25)10-3-5-26-6-4-10/h1-2,7-10,16H,3-6H2,(H,21,22,25). The van der Waals surface area contributed by atoms with E-state index in [1.165, 1.54) is 17.4 Å². The number of carbonyl (C=O) groups is 1. The summed E-state index contributed by atoms with van der Waals surface area (Å²) in [6.45, 7) is 1.20. The Morgan fingerprint density at radius 1 is 1.22 bits per heavy atom. The molecule has 27 heavy (non-hydrogen) atoms. The van der Waals surface area contributed by atoms with Gasteiger partial charge in [-0.1, -0.05) is 17.4 Å². The summed E-state index contributed by atoms with van der Waals surface area (Å²) in [5, 5.41) is 11.3. The lowest BCUT2D eigenvalue weighted by Gasteiger charge is -2.20. The lowest BCUT2D eigenvalue weighted by atomic mass is 10.00. The molecule has 6 nitrogen and oxygen atoms in total. The van der Waals surface area contributed by atoms with Crippen LogP contribution in [0.1, 0.15) is 25.0 Å². The number of benzene rings is 1. The molecule has 0 saturated carbocycles. The van der Waals surface area contributed by atoms with E-state index in [-0.39, 0.29) is 17.5 Å². The summed E-state index contributed by atoms with van der Waals surface area (Å²) in [5.74, 6) is -0.104. The number of rotatable bonds is 4. The third-order valence-electron chi connectivity index (χ3n) is 4.44. The van der Waals surface area contributed by atoms with Crippen LogP contribution in [0.3, 0.4) is 0 Å². The minimum Gasteiger partial charge on any atom is -0.381 e. The summed E-state index contributed by atoms with van der Waals surface area (Å²) in [6.07, 6.45) is 0.416. The number of amides is 1. The Morgan fingerprint density at radius 3 is 2.81 bits per heavy atom. The lowest BCUT2D eigenvalue weighted by molar-refractivity contribution is -0.122. The van der Waals surface area contributed by atoms with Crippen molar-refractivity contribution < 1.29 is 18.3 Å². The van der Waals surface area contributed by atoms with Crippen LogP contribution in [0, 0.1) is 5.92 Å². The summed E-state index contributed by atoms with van der Waals surface area (Å²) in [7, 11) is 0. The molecule has 4 rings (SSSR count). The van der Waals surface area contributed by atoms with Crippen molar-refractivity contribution in [1.82, 2.24) is 15.2 Å². The third kappa shape index (κ3) is 3.93. The molecule has 1 aromatic carbocycles. The van der Waals surface area contributed by atoms with E-state index >= 15 is 0 Å². The third-order valence-corrected chi connectivity index (χ3v) is 5.40. The number of hydrogen-bond donors (Lipinski definition) is 1. The highest BCUT2D eigenvalue weighted by Crippen LogP contribution is 2.32. The second-order valence-corrected chi connectivity index (χ2v) is 7.28. The first kappa shape index (κ1) is 17.9. The SMILES string of the molecule is O=C(Nc1ncc(-c2ccc3nnc(C(F)F)cc3c2)s1)C1CCOCC1. The van der Waals surface area contributed by atoms with Gasteiger partial charge in [0.15, 0.2) is 5.13 Å². The Balaban J connectivity index is 1.54. The Bertz CT molecular complexity index is 973. The minimum absolute atomic E-state index is 0.0467. The molecular weight excluding hydrogens is 374 g/mol. The Morgan fingerprint density at radius 2 is 2.04 bits per heavy atom. The number of nitrogens with zero attached hydrogens (tertiary/aromatic N) is 3. The molecule has 0 spiro atoms. The van der Waals surface area contributed by atoms with E-state index in [1.807, 2.05) is 6.07 Å². The number of fused-ring (bicyclic) bond motifs is 1. The number of nitrogens with one attached hydrogen (secondary N) is 1. The van der Waals surface area contributed by atoms with Crippen molar-refractivity contribution in [2.75, 3.05) is 18.5 Å². The fourth-order valence-electron chi connectivity index (χ4n) is 2.95. The molecular formula is C18H16F2N4O2S. The molecule has 1 aliphatic heterocycles. The zero-order valence-electron chi connectivity index (χ0n) is 14.2. The maximum Gasteiger partial charge on any atom is 0.282 e. The number of carbonyl (C=O) groups excluding carboxylic acids is 1. The van der Waals surface area contributed by atoms with Crippen LogP contribution in [-0.2, 0) is 9.53 Å². The molecule has 1 saturated heterocycles. The Kier molecular flexibility index (Phi) is 5.04. The molecule has 1 amide bonds. The second kappa shape index (κ2) is 7.61. The van der Waals surface area contributed by atoms with Gasteiger partial charge >= 0.3 is 0 Å². The van der Waals surface area contributed by atoms with Gasteiger partial charge in [0, 0.05) is 30.7 Å². The molecule has 2 aromatic heterocycles. The quantitative estimate of drug-likeness (QED) is 0.727. The van der Waals surface area contributed by atoms with Crippen LogP contribution in [0.25, 0.3) is 21.3 Å². The van der Waals surface area contributed by atoms with E-state index in [2.05, 4.69) is 20.5 Å². The zero-order chi connectivity index (χ0) is 18.8. The van der Waals surface area contributed by atoms with Crippen molar-refractivity contribution in [3.05, 3.63) is 36.2 Å². The minimum atomic E-state index is -2.67. The van der Waals surface area contributed by atoms with Crippen molar-refractivity contribution >= 4 is 33.3 Å². The van der Waals surface area contributed by atoms with Crippen molar-refractivity contribution in [3.8, 4) is 10.4 Å². The topological polar surface area (TPSA) is 77.0 Å². The number of alkyl halides is 2. The van der Waals surface area contributed by atoms with E-state index < -0.39 is 6.43 Å². The van der Waals surface area contributed by atoms with Crippen molar-refractivity contribution in [2.24, 2.45) is 5.92 Å². The zero-order valence-corrected chi connectivity index (χ0v) is 15.0. The van der Waals surface area contributed by atoms with E-state index in [9.17, 15) is 13.6 Å². The fraction of sp³-hybridized carbons (Fsp3) is 0.333. The van der Waals surface area contributed by atoms with Gasteiger partial charge in [-0.3, -0.25) is 4.79 Å². The number of ether oxygens (including phenoxy) is 1. The average Bonchev–Trinajstić information content (AvgIpc) is 3.16. The Labute approximate surface area is 157 Å². The van der Waals surface area contributed by atoms with Crippen LogP contribution in [-0.4, -0.2) is 34.3 Å². The monoisotopic (exact) mass is 390 g/mol. The highest BCUT2D eigenvalue weighted by Gasteiger charge is 2.22. The van der Waals surface area contributed by atoms with Crippen LogP contribution in [0.4, 0.5) is 13.9 Å². The molecule has 3 aromatic rings. The molecule has 1 fully saturated rings. The molecule has 0 radical (unpaired) electrons. The number of hydrogen-bond acceptors (Lipinski definition) is 6. The smallest absolute Gasteiger partial charge is 0.282 e. The number of aromatic nitrogens is 3. The highest BCUT2D eigenvalue weighted by atomic mass is 32.1. The number of anilines is 1. The summed E-state index contributed by atoms with van der Waals surface area (Å²) in [5.41, 5.74) is 1.01. The molecule has 3 heterocycles. The highest BCUT2D eigenvalue weighted by molar-refractivity contribution is 7.19. The van der Waals surface area contributed by atoms with Gasteiger partial charge in [0.25, 0.3) is 6.43 Å². The molecule has 9 heteroatoms.